The largest absolute Gasteiger partial charge is 0.380 e. The Hall–Kier alpha value is -1.69. The van der Waals surface area contributed by atoms with Crippen molar-refractivity contribution in [3.63, 3.8) is 0 Å². The van der Waals surface area contributed by atoms with Crippen LogP contribution in [0.4, 0.5) is 10.2 Å². The molecule has 0 aromatic carbocycles. The Kier molecular flexibility index (Phi) is 6.81. The number of hydrogen-bond donors (Lipinski definition) is 2. The van der Waals surface area contributed by atoms with Gasteiger partial charge < -0.3 is 15.4 Å². The lowest BCUT2D eigenvalue weighted by molar-refractivity contribution is 0.0922. The van der Waals surface area contributed by atoms with Crippen molar-refractivity contribution < 1.29 is 13.9 Å². The minimum atomic E-state index is -0.531. The number of pyridine rings is 1. The molecule has 1 amide bonds. The predicted octanol–water partition coefficient (Wildman–Crippen LogP) is 1.81. The number of ether oxygens (including phenoxy) is 1. The lowest BCUT2D eigenvalue weighted by atomic mass is 10.2. The number of aromatic nitrogens is 1. The second-order valence-electron chi connectivity index (χ2n) is 3.93. The van der Waals surface area contributed by atoms with Crippen molar-refractivity contribution in [2.24, 2.45) is 0 Å². The number of carbonyl (C=O) groups is 1. The third kappa shape index (κ3) is 5.21. The third-order valence-electron chi connectivity index (χ3n) is 2.38. The lowest BCUT2D eigenvalue weighted by Gasteiger charge is -2.10. The van der Waals surface area contributed by atoms with Crippen LogP contribution in [-0.2, 0) is 4.74 Å². The molecule has 0 aliphatic heterocycles. The van der Waals surface area contributed by atoms with Gasteiger partial charge in [-0.15, -0.1) is 0 Å². The van der Waals surface area contributed by atoms with Crippen molar-refractivity contribution >= 4 is 11.7 Å². The molecule has 106 valence electrons. The lowest BCUT2D eigenvalue weighted by Crippen LogP contribution is -2.28. The summed E-state index contributed by atoms with van der Waals surface area (Å²) in [6.07, 6.45) is 1.99. The molecule has 1 aromatic heterocycles. The number of hydrogen-bond acceptors (Lipinski definition) is 4. The highest BCUT2D eigenvalue weighted by atomic mass is 19.1. The molecule has 0 saturated heterocycles. The van der Waals surface area contributed by atoms with Crippen molar-refractivity contribution in [1.29, 1.82) is 0 Å². The fraction of sp³-hybridized carbons (Fsp3) is 0.538. The second-order valence-corrected chi connectivity index (χ2v) is 3.93. The maximum atomic E-state index is 13.2. The summed E-state index contributed by atoms with van der Waals surface area (Å²) in [6, 6.07) is 1.18. The van der Waals surface area contributed by atoms with Crippen LogP contribution in [0.3, 0.4) is 0 Å². The SMILES string of the molecule is CCCNc1ncc(F)cc1C(=O)NCCOCC. The molecule has 6 heteroatoms. The van der Waals surface area contributed by atoms with Gasteiger partial charge in [0.05, 0.1) is 18.4 Å². The van der Waals surface area contributed by atoms with E-state index < -0.39 is 5.82 Å². The van der Waals surface area contributed by atoms with Crippen LogP contribution >= 0.6 is 0 Å². The summed E-state index contributed by atoms with van der Waals surface area (Å²) in [5.41, 5.74) is 0.213. The first-order valence-corrected chi connectivity index (χ1v) is 6.44. The normalized spacial score (nSPS) is 10.3. The fourth-order valence-corrected chi connectivity index (χ4v) is 1.47. The molecule has 0 atom stereocenters. The molecule has 1 rings (SSSR count). The number of anilines is 1. The number of amides is 1. The van der Waals surface area contributed by atoms with Gasteiger partial charge in [-0.1, -0.05) is 6.92 Å². The molecule has 0 radical (unpaired) electrons. The zero-order valence-corrected chi connectivity index (χ0v) is 11.3. The Morgan fingerprint density at radius 3 is 2.89 bits per heavy atom. The number of rotatable bonds is 8. The molecule has 5 nitrogen and oxygen atoms in total. The molecule has 2 N–H and O–H groups in total. The first kappa shape index (κ1) is 15.4. The van der Waals surface area contributed by atoms with Crippen LogP contribution in [0.15, 0.2) is 12.3 Å². The monoisotopic (exact) mass is 269 g/mol. The minimum Gasteiger partial charge on any atom is -0.380 e. The fourth-order valence-electron chi connectivity index (χ4n) is 1.47. The highest BCUT2D eigenvalue weighted by Gasteiger charge is 2.13. The number of halogens is 1. The van der Waals surface area contributed by atoms with E-state index in [1.165, 1.54) is 6.07 Å². The van der Waals surface area contributed by atoms with E-state index in [0.29, 0.717) is 32.1 Å². The second kappa shape index (κ2) is 8.42. The van der Waals surface area contributed by atoms with Gasteiger partial charge >= 0.3 is 0 Å². The molecule has 0 unspecified atom stereocenters. The topological polar surface area (TPSA) is 63.2 Å². The molecule has 1 heterocycles. The molecule has 0 aliphatic rings. The van der Waals surface area contributed by atoms with Gasteiger partial charge in [-0.2, -0.15) is 0 Å². The van der Waals surface area contributed by atoms with Crippen LogP contribution in [0.1, 0.15) is 30.6 Å². The summed E-state index contributed by atoms with van der Waals surface area (Å²) >= 11 is 0. The standard InChI is InChI=1S/C13H20FN3O2/c1-3-5-15-12-11(8-10(14)9-17-12)13(18)16-6-7-19-4-2/h8-9H,3-7H2,1-2H3,(H,15,17)(H,16,18). The van der Waals surface area contributed by atoms with Crippen molar-refractivity contribution in [2.45, 2.75) is 20.3 Å². The zero-order chi connectivity index (χ0) is 14.1. The molecule has 0 aliphatic carbocycles. The molecular formula is C13H20FN3O2. The Morgan fingerprint density at radius 2 is 2.21 bits per heavy atom. The van der Waals surface area contributed by atoms with E-state index in [4.69, 9.17) is 4.74 Å². The van der Waals surface area contributed by atoms with E-state index in [-0.39, 0.29) is 11.5 Å². The third-order valence-corrected chi connectivity index (χ3v) is 2.38. The van der Waals surface area contributed by atoms with Gasteiger partial charge in [0.2, 0.25) is 0 Å². The van der Waals surface area contributed by atoms with Crippen LogP contribution in [-0.4, -0.2) is 37.2 Å². The van der Waals surface area contributed by atoms with E-state index in [2.05, 4.69) is 15.6 Å². The number of carbonyl (C=O) groups excluding carboxylic acids is 1. The molecule has 0 fully saturated rings. The Labute approximate surface area is 112 Å². The van der Waals surface area contributed by atoms with Crippen LogP contribution in [0, 0.1) is 5.82 Å². The zero-order valence-electron chi connectivity index (χ0n) is 11.3. The Morgan fingerprint density at radius 1 is 1.42 bits per heavy atom. The number of nitrogens with one attached hydrogen (secondary N) is 2. The van der Waals surface area contributed by atoms with Gasteiger partial charge in [0.15, 0.2) is 0 Å². The summed E-state index contributed by atoms with van der Waals surface area (Å²) in [7, 11) is 0. The summed E-state index contributed by atoms with van der Waals surface area (Å²) in [5.74, 6) is -0.487. The minimum absolute atomic E-state index is 0.213. The molecule has 1 aromatic rings. The van der Waals surface area contributed by atoms with Crippen LogP contribution < -0.4 is 10.6 Å². The first-order chi connectivity index (χ1) is 9.19. The van der Waals surface area contributed by atoms with Crippen LogP contribution in [0.5, 0.6) is 0 Å². The highest BCUT2D eigenvalue weighted by Crippen LogP contribution is 2.13. The molecule has 19 heavy (non-hydrogen) atoms. The molecule has 0 spiro atoms. The summed E-state index contributed by atoms with van der Waals surface area (Å²) in [5, 5.41) is 5.67. The Balaban J connectivity index is 2.67. The summed E-state index contributed by atoms with van der Waals surface area (Å²) in [4.78, 5) is 15.8. The summed E-state index contributed by atoms with van der Waals surface area (Å²) in [6.45, 7) is 5.97. The van der Waals surface area contributed by atoms with Gasteiger partial charge in [-0.05, 0) is 19.4 Å². The average molecular weight is 269 g/mol. The number of nitrogens with zero attached hydrogens (tertiary/aromatic N) is 1. The van der Waals surface area contributed by atoms with E-state index in [1.54, 1.807) is 0 Å². The van der Waals surface area contributed by atoms with Crippen LogP contribution in [0.25, 0.3) is 0 Å². The average Bonchev–Trinajstić information content (AvgIpc) is 2.42. The smallest absolute Gasteiger partial charge is 0.255 e. The van der Waals surface area contributed by atoms with E-state index in [9.17, 15) is 9.18 Å². The van der Waals surface area contributed by atoms with Gasteiger partial charge in [0, 0.05) is 19.7 Å². The van der Waals surface area contributed by atoms with Gasteiger partial charge in [-0.3, -0.25) is 4.79 Å². The maximum absolute atomic E-state index is 13.2. The Bertz CT molecular complexity index is 413. The van der Waals surface area contributed by atoms with E-state index >= 15 is 0 Å². The molecular weight excluding hydrogens is 249 g/mol. The quantitative estimate of drug-likeness (QED) is 0.706. The van der Waals surface area contributed by atoms with Crippen molar-refractivity contribution in [2.75, 3.05) is 31.6 Å². The predicted molar refractivity (Wildman–Crippen MR) is 71.8 cm³/mol. The van der Waals surface area contributed by atoms with E-state index in [0.717, 1.165) is 12.6 Å². The van der Waals surface area contributed by atoms with Gasteiger partial charge in [0.25, 0.3) is 5.91 Å². The van der Waals surface area contributed by atoms with Crippen molar-refractivity contribution in [1.82, 2.24) is 10.3 Å². The first-order valence-electron chi connectivity index (χ1n) is 6.44. The molecule has 0 saturated carbocycles. The van der Waals surface area contributed by atoms with Crippen molar-refractivity contribution in [3.8, 4) is 0 Å². The summed E-state index contributed by atoms with van der Waals surface area (Å²) < 4.78 is 18.3. The van der Waals surface area contributed by atoms with E-state index in [1.807, 2.05) is 13.8 Å². The van der Waals surface area contributed by atoms with Gasteiger partial charge in [0.1, 0.15) is 11.6 Å². The van der Waals surface area contributed by atoms with Crippen LogP contribution in [0.2, 0.25) is 0 Å². The van der Waals surface area contributed by atoms with Crippen molar-refractivity contribution in [3.05, 3.63) is 23.6 Å². The maximum Gasteiger partial charge on any atom is 0.255 e. The highest BCUT2D eigenvalue weighted by molar-refractivity contribution is 5.98. The van der Waals surface area contributed by atoms with Gasteiger partial charge in [-0.25, -0.2) is 9.37 Å². The molecule has 0 bridgehead atoms.